The van der Waals surface area contributed by atoms with E-state index in [9.17, 15) is 0 Å². The number of anilines is 1. The smallest absolute Gasteiger partial charge is 0.113 e. The molecule has 0 unspecified atom stereocenters. The van der Waals surface area contributed by atoms with Gasteiger partial charge in [0.2, 0.25) is 0 Å². The fourth-order valence-electron chi connectivity index (χ4n) is 1.86. The second kappa shape index (κ2) is 6.07. The summed E-state index contributed by atoms with van der Waals surface area (Å²) in [5.41, 5.74) is 2.21. The van der Waals surface area contributed by atoms with E-state index >= 15 is 0 Å². The van der Waals surface area contributed by atoms with Crippen LogP contribution in [0.3, 0.4) is 0 Å². The first kappa shape index (κ1) is 13.1. The number of nitrogens with one attached hydrogen (secondary N) is 1. The first-order valence-electron chi connectivity index (χ1n) is 6.20. The van der Waals surface area contributed by atoms with Gasteiger partial charge in [0.1, 0.15) is 9.34 Å². The topological polar surface area (TPSA) is 42.7 Å². The molecule has 0 aliphatic heterocycles. The highest BCUT2D eigenvalue weighted by Crippen LogP contribution is 2.19. The van der Waals surface area contributed by atoms with Crippen molar-refractivity contribution in [3.05, 3.63) is 63.8 Å². The van der Waals surface area contributed by atoms with Crippen molar-refractivity contribution in [2.75, 3.05) is 5.32 Å². The lowest BCUT2D eigenvalue weighted by molar-refractivity contribution is 0.687. The zero-order valence-corrected chi connectivity index (χ0v) is 12.2. The lowest BCUT2D eigenvalue weighted by Crippen LogP contribution is -2.00. The maximum absolute atomic E-state index is 5.85. The van der Waals surface area contributed by atoms with Gasteiger partial charge in [-0.2, -0.15) is 5.10 Å². The minimum Gasteiger partial charge on any atom is -0.376 e. The molecule has 0 saturated carbocycles. The van der Waals surface area contributed by atoms with Gasteiger partial charge in [0.15, 0.2) is 0 Å². The number of hydrogen-bond acceptors (Lipinski definition) is 4. The van der Waals surface area contributed by atoms with Gasteiger partial charge in [-0.05, 0) is 5.56 Å². The molecule has 0 spiro atoms. The lowest BCUT2D eigenvalue weighted by atomic mass is 10.2. The van der Waals surface area contributed by atoms with Crippen LogP contribution in [0.25, 0.3) is 0 Å². The molecule has 0 aliphatic rings. The largest absolute Gasteiger partial charge is 0.376 e. The Morgan fingerprint density at radius 2 is 2.05 bits per heavy atom. The first-order valence-corrected chi connectivity index (χ1v) is 7.39. The van der Waals surface area contributed by atoms with Crippen molar-refractivity contribution in [2.24, 2.45) is 0 Å². The molecule has 0 atom stereocenters. The Morgan fingerprint density at radius 3 is 2.80 bits per heavy atom. The predicted molar refractivity (Wildman–Crippen MR) is 82.2 cm³/mol. The van der Waals surface area contributed by atoms with E-state index in [1.807, 2.05) is 35.3 Å². The van der Waals surface area contributed by atoms with Crippen molar-refractivity contribution < 1.29 is 0 Å². The van der Waals surface area contributed by atoms with Crippen molar-refractivity contribution in [2.45, 2.75) is 13.1 Å². The van der Waals surface area contributed by atoms with Crippen LogP contribution in [0.1, 0.15) is 10.6 Å². The Balaban J connectivity index is 1.59. The lowest BCUT2D eigenvalue weighted by Gasteiger charge is -2.01. The summed E-state index contributed by atoms with van der Waals surface area (Å²) in [6, 6.07) is 10.3. The van der Waals surface area contributed by atoms with Crippen LogP contribution in [0.2, 0.25) is 4.34 Å². The highest BCUT2D eigenvalue weighted by atomic mass is 35.5. The van der Waals surface area contributed by atoms with E-state index < -0.39 is 0 Å². The minimum atomic E-state index is 0.661. The minimum absolute atomic E-state index is 0.661. The predicted octanol–water partition coefficient (Wildman–Crippen LogP) is 3.65. The number of hydrogen-bond donors (Lipinski definition) is 1. The van der Waals surface area contributed by atoms with E-state index in [0.717, 1.165) is 17.2 Å². The molecule has 2 heterocycles. The van der Waals surface area contributed by atoms with E-state index in [-0.39, 0.29) is 0 Å². The van der Waals surface area contributed by atoms with Crippen molar-refractivity contribution >= 4 is 28.6 Å². The summed E-state index contributed by atoms with van der Waals surface area (Å²) in [7, 11) is 0. The van der Waals surface area contributed by atoms with E-state index in [1.54, 1.807) is 6.20 Å². The first-order chi connectivity index (χ1) is 9.79. The summed E-state index contributed by atoms with van der Waals surface area (Å²) in [6.07, 6.45) is 5.47. The summed E-state index contributed by atoms with van der Waals surface area (Å²) < 4.78 is 2.62. The molecule has 0 fully saturated rings. The van der Waals surface area contributed by atoms with Crippen molar-refractivity contribution in [1.29, 1.82) is 0 Å². The van der Waals surface area contributed by atoms with E-state index in [4.69, 9.17) is 11.6 Å². The van der Waals surface area contributed by atoms with Crippen LogP contribution < -0.4 is 5.32 Å². The summed E-state index contributed by atoms with van der Waals surface area (Å²) in [5, 5.41) is 8.59. The van der Waals surface area contributed by atoms with E-state index in [0.29, 0.717) is 10.9 Å². The number of benzene rings is 1. The van der Waals surface area contributed by atoms with E-state index in [2.05, 4.69) is 27.5 Å². The Kier molecular flexibility index (Phi) is 3.99. The van der Waals surface area contributed by atoms with Crippen LogP contribution in [0, 0.1) is 0 Å². The summed E-state index contributed by atoms with van der Waals surface area (Å²) in [4.78, 5) is 4.20. The summed E-state index contributed by atoms with van der Waals surface area (Å²) >= 11 is 7.33. The molecule has 0 saturated heterocycles. The van der Waals surface area contributed by atoms with Crippen LogP contribution in [-0.2, 0) is 13.1 Å². The highest BCUT2D eigenvalue weighted by Gasteiger charge is 2.02. The molecular formula is C14H13ClN4S. The zero-order chi connectivity index (χ0) is 13.8. The monoisotopic (exact) mass is 304 g/mol. The van der Waals surface area contributed by atoms with Crippen LogP contribution in [0.4, 0.5) is 5.69 Å². The molecule has 6 heteroatoms. The van der Waals surface area contributed by atoms with Crippen molar-refractivity contribution in [3.8, 4) is 0 Å². The third kappa shape index (κ3) is 3.37. The van der Waals surface area contributed by atoms with Crippen LogP contribution in [0.15, 0.2) is 48.9 Å². The number of rotatable bonds is 5. The maximum Gasteiger partial charge on any atom is 0.113 e. The molecule has 20 heavy (non-hydrogen) atoms. The molecule has 3 rings (SSSR count). The average Bonchev–Trinajstić information content (AvgIpc) is 3.07. The van der Waals surface area contributed by atoms with Gasteiger partial charge in [0.25, 0.3) is 0 Å². The average molecular weight is 305 g/mol. The van der Waals surface area contributed by atoms with Gasteiger partial charge in [-0.1, -0.05) is 41.9 Å². The van der Waals surface area contributed by atoms with Crippen LogP contribution >= 0.6 is 22.9 Å². The number of halogens is 1. The number of thiazole rings is 1. The Labute approximate surface area is 126 Å². The SMILES string of the molecule is Clc1cnc(CNc2cnn(Cc3ccccc3)c2)s1. The molecule has 1 aromatic carbocycles. The Morgan fingerprint density at radius 1 is 1.20 bits per heavy atom. The van der Waals surface area contributed by atoms with Crippen molar-refractivity contribution in [1.82, 2.24) is 14.8 Å². The van der Waals surface area contributed by atoms with Gasteiger partial charge < -0.3 is 5.32 Å². The molecule has 0 aliphatic carbocycles. The molecule has 0 amide bonds. The summed E-state index contributed by atoms with van der Waals surface area (Å²) in [6.45, 7) is 1.43. The second-order valence-electron chi connectivity index (χ2n) is 4.32. The summed E-state index contributed by atoms with van der Waals surface area (Å²) in [5.74, 6) is 0. The third-order valence-corrected chi connectivity index (χ3v) is 3.90. The van der Waals surface area contributed by atoms with Crippen LogP contribution in [-0.4, -0.2) is 14.8 Å². The van der Waals surface area contributed by atoms with Gasteiger partial charge in [0, 0.05) is 6.20 Å². The van der Waals surface area contributed by atoms with Crippen molar-refractivity contribution in [3.63, 3.8) is 0 Å². The zero-order valence-electron chi connectivity index (χ0n) is 10.7. The molecule has 2 aromatic heterocycles. The maximum atomic E-state index is 5.85. The fourth-order valence-corrected chi connectivity index (χ4v) is 2.76. The quantitative estimate of drug-likeness (QED) is 0.782. The third-order valence-electron chi connectivity index (χ3n) is 2.79. The standard InChI is InChI=1S/C14H13ClN4S/c15-13-7-17-14(20-13)8-16-12-6-18-19(10-12)9-11-4-2-1-3-5-11/h1-7,10,16H,8-9H2. The molecule has 4 nitrogen and oxygen atoms in total. The Hall–Kier alpha value is -1.85. The van der Waals surface area contributed by atoms with Crippen LogP contribution in [0.5, 0.6) is 0 Å². The molecule has 0 radical (unpaired) electrons. The molecular weight excluding hydrogens is 292 g/mol. The highest BCUT2D eigenvalue weighted by molar-refractivity contribution is 7.15. The molecule has 1 N–H and O–H groups in total. The van der Waals surface area contributed by atoms with Gasteiger partial charge in [-0.25, -0.2) is 4.98 Å². The molecule has 3 aromatic rings. The number of aromatic nitrogens is 3. The fraction of sp³-hybridized carbons (Fsp3) is 0.143. The molecule has 0 bridgehead atoms. The van der Waals surface area contributed by atoms with Gasteiger partial charge in [0.05, 0.1) is 31.2 Å². The normalized spacial score (nSPS) is 10.7. The van der Waals surface area contributed by atoms with Gasteiger partial charge >= 0.3 is 0 Å². The van der Waals surface area contributed by atoms with Gasteiger partial charge in [-0.3, -0.25) is 4.68 Å². The second-order valence-corrected chi connectivity index (χ2v) is 6.07. The molecule has 102 valence electrons. The van der Waals surface area contributed by atoms with Gasteiger partial charge in [-0.15, -0.1) is 11.3 Å². The number of nitrogens with zero attached hydrogens (tertiary/aromatic N) is 3. The van der Waals surface area contributed by atoms with E-state index in [1.165, 1.54) is 16.9 Å². The Bertz CT molecular complexity index is 677.